The average molecular weight is 489 g/mol. The normalized spacial score (nSPS) is 17.8. The Labute approximate surface area is 200 Å². The number of carbonyl (C=O) groups is 1. The van der Waals surface area contributed by atoms with Crippen molar-refractivity contribution in [3.63, 3.8) is 0 Å². The molecule has 8 nitrogen and oxygen atoms in total. The van der Waals surface area contributed by atoms with Crippen LogP contribution < -0.4 is 5.84 Å². The van der Waals surface area contributed by atoms with Crippen molar-refractivity contribution < 1.29 is 18.7 Å². The molecule has 1 saturated heterocycles. The Hall–Kier alpha value is -3.23. The highest BCUT2D eigenvalue weighted by Crippen LogP contribution is 2.33. The molecule has 3 N–H and O–H groups in total. The van der Waals surface area contributed by atoms with Crippen LogP contribution in [0.25, 0.3) is 0 Å². The van der Waals surface area contributed by atoms with Gasteiger partial charge in [0.1, 0.15) is 6.10 Å². The molecular weight excluding hydrogens is 462 g/mol. The van der Waals surface area contributed by atoms with Crippen molar-refractivity contribution in [3.05, 3.63) is 52.0 Å². The van der Waals surface area contributed by atoms with Crippen LogP contribution in [0.4, 0.5) is 8.78 Å². The van der Waals surface area contributed by atoms with Gasteiger partial charge in [-0.3, -0.25) is 4.79 Å². The topological polar surface area (TPSA) is 117 Å². The third-order valence-electron chi connectivity index (χ3n) is 5.42. The highest BCUT2D eigenvalue weighted by Gasteiger charge is 2.39. The van der Waals surface area contributed by atoms with E-state index >= 15 is 0 Å². The fourth-order valence-electron chi connectivity index (χ4n) is 3.55. The van der Waals surface area contributed by atoms with Gasteiger partial charge in [-0.15, -0.1) is 16.4 Å². The summed E-state index contributed by atoms with van der Waals surface area (Å²) in [5, 5.41) is 21.3. The van der Waals surface area contributed by atoms with Crippen LogP contribution in [0.5, 0.6) is 0 Å². The molecule has 0 spiro atoms. The molecule has 3 rings (SSSR count). The first-order chi connectivity index (χ1) is 16.3. The molecule has 1 aromatic heterocycles. The van der Waals surface area contributed by atoms with Crippen molar-refractivity contribution in [2.45, 2.75) is 57.1 Å². The summed E-state index contributed by atoms with van der Waals surface area (Å²) in [6, 6.07) is 6.85. The monoisotopic (exact) mass is 488 g/mol. The third-order valence-corrected chi connectivity index (χ3v) is 6.58. The minimum Gasteiger partial charge on any atom is -0.385 e. The van der Waals surface area contributed by atoms with E-state index in [4.69, 9.17) is 5.84 Å². The number of aliphatic hydroxyl groups is 1. The highest BCUT2D eigenvalue weighted by molar-refractivity contribution is 7.13. The standard InChI is InChI=1S/C23H26F2N6O2S/c1-16(28-30-29-26)19-15-27-21(34-19)11-6-14-31-18(12-13-22(31)33)9-5-10-20(32)23(24,25)17-7-3-2-4-8-17/h2-4,7-8,15,18,20,32H,6,10-14H2,1H3,(H2,26,30)/b28-16+/t18-,20?/m0/s1. The van der Waals surface area contributed by atoms with Gasteiger partial charge in [0.25, 0.3) is 5.92 Å². The zero-order chi connectivity index (χ0) is 24.6. The molecule has 1 fully saturated rings. The fraction of sp³-hybridized carbons (Fsp3) is 0.435. The van der Waals surface area contributed by atoms with E-state index in [0.717, 1.165) is 9.88 Å². The Morgan fingerprint density at radius 2 is 2.18 bits per heavy atom. The summed E-state index contributed by atoms with van der Waals surface area (Å²) in [4.78, 5) is 19.2. The molecule has 34 heavy (non-hydrogen) atoms. The van der Waals surface area contributed by atoms with Crippen LogP contribution in [0.1, 0.15) is 48.1 Å². The Bertz CT molecular complexity index is 1090. The molecule has 0 aliphatic carbocycles. The molecule has 1 aliphatic rings. The molecule has 0 saturated carbocycles. The second kappa shape index (κ2) is 11.8. The van der Waals surface area contributed by atoms with E-state index in [1.807, 2.05) is 0 Å². The number of halogens is 2. The van der Waals surface area contributed by atoms with E-state index in [0.29, 0.717) is 37.9 Å². The van der Waals surface area contributed by atoms with Crippen LogP contribution in [0.2, 0.25) is 0 Å². The van der Waals surface area contributed by atoms with Crippen molar-refractivity contribution in [1.29, 1.82) is 0 Å². The molecule has 0 bridgehead atoms. The van der Waals surface area contributed by atoms with Crippen molar-refractivity contribution in [2.24, 2.45) is 21.4 Å². The average Bonchev–Trinajstić information content (AvgIpc) is 3.45. The van der Waals surface area contributed by atoms with E-state index in [1.54, 1.807) is 24.1 Å². The lowest BCUT2D eigenvalue weighted by molar-refractivity contribution is -0.128. The Kier molecular flexibility index (Phi) is 8.79. The maximum absolute atomic E-state index is 14.4. The molecule has 0 radical (unpaired) electrons. The third kappa shape index (κ3) is 6.42. The number of nitrogens with two attached hydrogens (primary N) is 1. The Balaban J connectivity index is 1.53. The van der Waals surface area contributed by atoms with E-state index < -0.39 is 12.0 Å². The number of nitrogens with zero attached hydrogens (tertiary/aromatic N) is 5. The number of carbonyl (C=O) groups excluding carboxylic acids is 1. The molecular formula is C23H26F2N6O2S. The number of benzene rings is 1. The van der Waals surface area contributed by atoms with Crippen molar-refractivity contribution in [2.75, 3.05) is 6.54 Å². The van der Waals surface area contributed by atoms with E-state index in [2.05, 4.69) is 32.4 Å². The van der Waals surface area contributed by atoms with Crippen LogP contribution in [0.3, 0.4) is 0 Å². The summed E-state index contributed by atoms with van der Waals surface area (Å²) in [7, 11) is 0. The van der Waals surface area contributed by atoms with Gasteiger partial charge >= 0.3 is 0 Å². The van der Waals surface area contributed by atoms with E-state index in [-0.39, 0.29) is 23.9 Å². The number of likely N-dealkylation sites (tertiary alicyclic amines) is 1. The number of alkyl halides is 2. The molecule has 2 atom stereocenters. The van der Waals surface area contributed by atoms with Gasteiger partial charge in [-0.2, -0.15) is 8.78 Å². The van der Waals surface area contributed by atoms with Gasteiger partial charge < -0.3 is 15.8 Å². The minimum absolute atomic E-state index is 0.00980. The number of hydrogen-bond acceptors (Lipinski definition) is 6. The summed E-state index contributed by atoms with van der Waals surface area (Å²) < 4.78 is 28.8. The summed E-state index contributed by atoms with van der Waals surface area (Å²) in [6.07, 6.45) is 1.67. The van der Waals surface area contributed by atoms with Crippen molar-refractivity contribution >= 4 is 23.0 Å². The van der Waals surface area contributed by atoms with E-state index in [9.17, 15) is 18.7 Å². The number of hydrogen-bond donors (Lipinski definition) is 2. The summed E-state index contributed by atoms with van der Waals surface area (Å²) in [5.74, 6) is 7.12. The lowest BCUT2D eigenvalue weighted by Gasteiger charge is -2.22. The van der Waals surface area contributed by atoms with Gasteiger partial charge in [0.05, 0.1) is 21.6 Å². The van der Waals surface area contributed by atoms with Gasteiger partial charge in [-0.05, 0) is 25.0 Å². The number of aliphatic hydroxyl groups excluding tert-OH is 1. The Morgan fingerprint density at radius 1 is 1.41 bits per heavy atom. The molecule has 11 heteroatoms. The number of aryl methyl sites for hydroxylation is 1. The Morgan fingerprint density at radius 3 is 2.91 bits per heavy atom. The SMILES string of the molecule is C/C(=N\N=N/N)c1cnc(CCCN2C(=O)CC[C@@H]2C#CCC(O)C(F)(F)c2ccccc2)s1. The zero-order valence-electron chi connectivity index (χ0n) is 18.7. The van der Waals surface area contributed by atoms with Gasteiger partial charge in [0, 0.05) is 37.6 Å². The molecule has 1 aromatic carbocycles. The van der Waals surface area contributed by atoms with Gasteiger partial charge in [-0.1, -0.05) is 47.4 Å². The predicted molar refractivity (Wildman–Crippen MR) is 125 cm³/mol. The maximum Gasteiger partial charge on any atom is 0.299 e. The van der Waals surface area contributed by atoms with Crippen LogP contribution in [-0.2, 0) is 17.1 Å². The zero-order valence-corrected chi connectivity index (χ0v) is 19.5. The minimum atomic E-state index is -3.40. The summed E-state index contributed by atoms with van der Waals surface area (Å²) >= 11 is 1.48. The molecule has 2 heterocycles. The van der Waals surface area contributed by atoms with E-state index in [1.165, 1.54) is 35.6 Å². The van der Waals surface area contributed by atoms with Crippen molar-refractivity contribution in [1.82, 2.24) is 9.88 Å². The molecule has 180 valence electrons. The number of amides is 1. The lowest BCUT2D eigenvalue weighted by atomic mass is 10.0. The van der Waals surface area contributed by atoms with Crippen LogP contribution in [-0.4, -0.2) is 45.3 Å². The van der Waals surface area contributed by atoms with Crippen LogP contribution >= 0.6 is 11.3 Å². The molecule has 1 aliphatic heterocycles. The second-order valence-corrected chi connectivity index (χ2v) is 8.90. The quantitative estimate of drug-likeness (QED) is 0.184. The first kappa shape index (κ1) is 25.4. The second-order valence-electron chi connectivity index (χ2n) is 7.78. The number of aromatic nitrogens is 1. The molecule has 2 aromatic rings. The highest BCUT2D eigenvalue weighted by atomic mass is 32.1. The molecule has 1 unspecified atom stereocenters. The summed E-state index contributed by atoms with van der Waals surface area (Å²) in [6.45, 7) is 2.27. The van der Waals surface area contributed by atoms with Crippen LogP contribution in [0.15, 0.2) is 52.1 Å². The molecule has 1 amide bonds. The largest absolute Gasteiger partial charge is 0.385 e. The smallest absolute Gasteiger partial charge is 0.299 e. The van der Waals surface area contributed by atoms with Gasteiger partial charge in [-0.25, -0.2) is 4.98 Å². The maximum atomic E-state index is 14.4. The van der Waals surface area contributed by atoms with Gasteiger partial charge in [0.15, 0.2) is 0 Å². The van der Waals surface area contributed by atoms with Crippen molar-refractivity contribution in [3.8, 4) is 11.8 Å². The fourth-order valence-corrected chi connectivity index (χ4v) is 4.45. The summed E-state index contributed by atoms with van der Waals surface area (Å²) in [5.41, 5.74) is 0.403. The van der Waals surface area contributed by atoms with Crippen LogP contribution in [0, 0.1) is 11.8 Å². The first-order valence-electron chi connectivity index (χ1n) is 10.8. The first-order valence-corrected chi connectivity index (χ1v) is 11.6. The van der Waals surface area contributed by atoms with Gasteiger partial charge in [0.2, 0.25) is 5.91 Å². The lowest BCUT2D eigenvalue weighted by Crippen LogP contribution is -2.33. The number of thiazole rings is 1. The predicted octanol–water partition coefficient (Wildman–Crippen LogP) is 3.66. The number of rotatable bonds is 9.